The fourth-order valence-corrected chi connectivity index (χ4v) is 2.80. The minimum atomic E-state index is -1.08. The molecule has 1 unspecified atom stereocenters. The Labute approximate surface area is 118 Å². The summed E-state index contributed by atoms with van der Waals surface area (Å²) in [6.45, 7) is 7.97. The first-order valence-corrected chi connectivity index (χ1v) is 6.69. The van der Waals surface area contributed by atoms with E-state index in [2.05, 4.69) is 6.58 Å². The molecule has 1 aromatic carbocycles. The Morgan fingerprint density at radius 1 is 1.40 bits per heavy atom. The Morgan fingerprint density at radius 3 is 2.55 bits per heavy atom. The van der Waals surface area contributed by atoms with Crippen LogP contribution in [0.15, 0.2) is 42.5 Å². The van der Waals surface area contributed by atoms with Crippen LogP contribution < -0.4 is 0 Å². The van der Waals surface area contributed by atoms with Crippen molar-refractivity contribution in [3.63, 3.8) is 0 Å². The van der Waals surface area contributed by atoms with E-state index in [1.165, 1.54) is 0 Å². The second-order valence-electron chi connectivity index (χ2n) is 5.28. The maximum Gasteiger partial charge on any atom is 0.316 e. The van der Waals surface area contributed by atoms with Gasteiger partial charge < -0.3 is 5.11 Å². The number of likely N-dealkylation sites (tertiary alicyclic amines) is 1. The van der Waals surface area contributed by atoms with Crippen molar-refractivity contribution in [2.75, 3.05) is 6.54 Å². The van der Waals surface area contributed by atoms with Gasteiger partial charge in [0.15, 0.2) is 5.78 Å². The highest BCUT2D eigenvalue weighted by atomic mass is 16.4. The van der Waals surface area contributed by atoms with Crippen molar-refractivity contribution in [1.29, 1.82) is 0 Å². The van der Waals surface area contributed by atoms with E-state index < -0.39 is 11.9 Å². The van der Waals surface area contributed by atoms with Crippen molar-refractivity contribution in [3.8, 4) is 0 Å². The summed E-state index contributed by atoms with van der Waals surface area (Å²) in [6, 6.07) is 9.56. The van der Waals surface area contributed by atoms with Gasteiger partial charge in [-0.15, -0.1) is 0 Å². The number of ketones is 1. The molecule has 3 atom stereocenters. The molecule has 1 fully saturated rings. The molecule has 0 aromatic heterocycles. The van der Waals surface area contributed by atoms with Gasteiger partial charge in [0.25, 0.3) is 0 Å². The van der Waals surface area contributed by atoms with Gasteiger partial charge in [-0.25, -0.2) is 0 Å². The number of Topliss-reactive ketones (excluding diaryl/α,β-unsaturated/α-hetero) is 1. The highest BCUT2D eigenvalue weighted by Gasteiger charge is 2.42. The first kappa shape index (κ1) is 14.5. The number of piperidine rings is 1. The van der Waals surface area contributed by atoms with Gasteiger partial charge in [0, 0.05) is 24.2 Å². The van der Waals surface area contributed by atoms with Gasteiger partial charge in [-0.1, -0.05) is 36.9 Å². The highest BCUT2D eigenvalue weighted by Crippen LogP contribution is 2.31. The van der Waals surface area contributed by atoms with E-state index in [9.17, 15) is 14.7 Å². The van der Waals surface area contributed by atoms with Crippen molar-refractivity contribution in [2.45, 2.75) is 25.9 Å². The third-order valence-corrected chi connectivity index (χ3v) is 4.06. The van der Waals surface area contributed by atoms with Gasteiger partial charge >= 0.3 is 5.97 Å². The number of hydrogen-bond donors (Lipinski definition) is 1. The quantitative estimate of drug-likeness (QED) is 0.678. The summed E-state index contributed by atoms with van der Waals surface area (Å²) < 4.78 is 0. The molecule has 0 saturated carbocycles. The molecule has 1 aliphatic rings. The Morgan fingerprint density at radius 2 is 2.00 bits per heavy atom. The molecule has 4 heteroatoms. The number of carbonyl (C=O) groups excluding carboxylic acids is 1. The molecule has 0 radical (unpaired) electrons. The van der Waals surface area contributed by atoms with Crippen molar-refractivity contribution in [2.24, 2.45) is 5.92 Å². The zero-order chi connectivity index (χ0) is 14.9. The van der Waals surface area contributed by atoms with E-state index in [0.29, 0.717) is 12.1 Å². The topological polar surface area (TPSA) is 57.6 Å². The SMILES string of the molecule is C=C1CN([C@@H](C)c2ccccc2)[C@@H](C)C(C(=O)O)C1=O. The van der Waals surface area contributed by atoms with Crippen LogP contribution >= 0.6 is 0 Å². The standard InChI is InChI=1S/C16H19NO3/c1-10-9-17(11(2)13-7-5-4-6-8-13)12(3)14(15(10)18)16(19)20/h4-8,11-12,14H,1,9H2,2-3H3,(H,19,20)/t11-,12-,14?/m0/s1. The van der Waals surface area contributed by atoms with Gasteiger partial charge in [0.1, 0.15) is 5.92 Å². The molecule has 2 rings (SSSR count). The molecular weight excluding hydrogens is 254 g/mol. The molecule has 20 heavy (non-hydrogen) atoms. The average molecular weight is 273 g/mol. The van der Waals surface area contributed by atoms with Crippen LogP contribution in [-0.2, 0) is 9.59 Å². The van der Waals surface area contributed by atoms with E-state index in [0.717, 1.165) is 5.56 Å². The second-order valence-corrected chi connectivity index (χ2v) is 5.28. The molecular formula is C16H19NO3. The van der Waals surface area contributed by atoms with E-state index in [4.69, 9.17) is 0 Å². The Hall–Kier alpha value is -1.94. The summed E-state index contributed by atoms with van der Waals surface area (Å²) in [4.78, 5) is 25.3. The number of carbonyl (C=O) groups is 2. The molecule has 4 nitrogen and oxygen atoms in total. The minimum absolute atomic E-state index is 0.0397. The van der Waals surface area contributed by atoms with Gasteiger partial charge in [0.2, 0.25) is 0 Å². The van der Waals surface area contributed by atoms with Crippen LogP contribution in [0.4, 0.5) is 0 Å². The monoisotopic (exact) mass is 273 g/mol. The second kappa shape index (κ2) is 5.59. The Kier molecular flexibility index (Phi) is 4.04. The van der Waals surface area contributed by atoms with Crippen LogP contribution in [0.2, 0.25) is 0 Å². The van der Waals surface area contributed by atoms with Crippen molar-refractivity contribution in [3.05, 3.63) is 48.0 Å². The summed E-state index contributed by atoms with van der Waals surface area (Å²) >= 11 is 0. The smallest absolute Gasteiger partial charge is 0.316 e. The van der Waals surface area contributed by atoms with Crippen LogP contribution in [-0.4, -0.2) is 34.3 Å². The number of hydrogen-bond acceptors (Lipinski definition) is 3. The molecule has 1 heterocycles. The molecule has 1 saturated heterocycles. The van der Waals surface area contributed by atoms with Gasteiger partial charge in [-0.05, 0) is 19.4 Å². The lowest BCUT2D eigenvalue weighted by atomic mass is 9.85. The maximum absolute atomic E-state index is 12.0. The normalized spacial score (nSPS) is 25.5. The zero-order valence-corrected chi connectivity index (χ0v) is 11.7. The lowest BCUT2D eigenvalue weighted by Gasteiger charge is -2.41. The average Bonchev–Trinajstić information content (AvgIpc) is 2.43. The van der Waals surface area contributed by atoms with Crippen LogP contribution in [0, 0.1) is 5.92 Å². The van der Waals surface area contributed by atoms with Crippen LogP contribution in [0.25, 0.3) is 0 Å². The van der Waals surface area contributed by atoms with Gasteiger partial charge in [-0.3, -0.25) is 14.5 Å². The predicted molar refractivity (Wildman–Crippen MR) is 76.3 cm³/mol. The number of aliphatic carboxylic acids is 1. The minimum Gasteiger partial charge on any atom is -0.481 e. The number of carboxylic acids is 1. The van der Waals surface area contributed by atoms with E-state index in [1.54, 1.807) is 6.92 Å². The van der Waals surface area contributed by atoms with Crippen molar-refractivity contribution >= 4 is 11.8 Å². The number of benzene rings is 1. The van der Waals surface area contributed by atoms with E-state index >= 15 is 0 Å². The number of rotatable bonds is 3. The summed E-state index contributed by atoms with van der Waals surface area (Å²) in [6.07, 6.45) is 0. The first-order valence-electron chi connectivity index (χ1n) is 6.69. The first-order chi connectivity index (χ1) is 9.43. The lowest BCUT2D eigenvalue weighted by molar-refractivity contribution is -0.150. The lowest BCUT2D eigenvalue weighted by Crippen LogP contribution is -2.52. The largest absolute Gasteiger partial charge is 0.481 e. The third-order valence-electron chi connectivity index (χ3n) is 4.06. The molecule has 0 amide bonds. The summed E-state index contributed by atoms with van der Waals surface area (Å²) in [5, 5.41) is 9.28. The summed E-state index contributed by atoms with van der Waals surface area (Å²) in [5.41, 5.74) is 1.48. The summed E-state index contributed by atoms with van der Waals surface area (Å²) in [7, 11) is 0. The molecule has 0 aliphatic carbocycles. The van der Waals surface area contributed by atoms with Gasteiger partial charge in [-0.2, -0.15) is 0 Å². The number of carboxylic acid groups (broad SMARTS) is 1. The molecule has 106 valence electrons. The molecule has 1 aromatic rings. The summed E-state index contributed by atoms with van der Waals surface area (Å²) in [5.74, 6) is -2.45. The Balaban J connectivity index is 2.30. The van der Waals surface area contributed by atoms with Crippen LogP contribution in [0.1, 0.15) is 25.5 Å². The van der Waals surface area contributed by atoms with E-state index in [-0.39, 0.29) is 17.9 Å². The molecule has 0 spiro atoms. The number of nitrogens with zero attached hydrogens (tertiary/aromatic N) is 1. The van der Waals surface area contributed by atoms with Crippen molar-refractivity contribution < 1.29 is 14.7 Å². The van der Waals surface area contributed by atoms with Crippen molar-refractivity contribution in [1.82, 2.24) is 4.90 Å². The highest BCUT2D eigenvalue weighted by molar-refractivity contribution is 6.09. The molecule has 1 N–H and O–H groups in total. The third kappa shape index (κ3) is 2.51. The van der Waals surface area contributed by atoms with Crippen LogP contribution in [0.5, 0.6) is 0 Å². The fraction of sp³-hybridized carbons (Fsp3) is 0.375. The Bertz CT molecular complexity index is 538. The maximum atomic E-state index is 12.0. The van der Waals surface area contributed by atoms with Crippen LogP contribution in [0.3, 0.4) is 0 Å². The van der Waals surface area contributed by atoms with Gasteiger partial charge in [0.05, 0.1) is 0 Å². The fourth-order valence-electron chi connectivity index (χ4n) is 2.80. The molecule has 0 bridgehead atoms. The predicted octanol–water partition coefficient (Wildman–Crippen LogP) is 2.28. The molecule has 1 aliphatic heterocycles. The van der Waals surface area contributed by atoms with E-state index in [1.807, 2.05) is 42.2 Å². The zero-order valence-electron chi connectivity index (χ0n) is 11.7.